The Bertz CT molecular complexity index is 980. The van der Waals surface area contributed by atoms with Crippen LogP contribution >= 0.6 is 0 Å². The topological polar surface area (TPSA) is 15.3 Å². The third-order valence-corrected chi connectivity index (χ3v) is 4.06. The Labute approximate surface area is 166 Å². The van der Waals surface area contributed by atoms with E-state index in [1.165, 1.54) is 5.01 Å². The lowest BCUT2D eigenvalue weighted by Gasteiger charge is -2.24. The molecule has 1 N–H and O–H groups in total. The smallest absolute Gasteiger partial charge is 0.301 e. The van der Waals surface area contributed by atoms with Crippen LogP contribution in [-0.4, -0.2) is 0 Å². The van der Waals surface area contributed by atoms with Gasteiger partial charge < -0.3 is 5.43 Å². The maximum absolute atomic E-state index is 14.0. The third kappa shape index (κ3) is 4.24. The maximum atomic E-state index is 14.0. The van der Waals surface area contributed by atoms with Gasteiger partial charge in [0.25, 0.3) is 0 Å². The molecule has 0 aliphatic heterocycles. The molecule has 156 valence electrons. The van der Waals surface area contributed by atoms with Gasteiger partial charge in [0.1, 0.15) is 5.56 Å². The molecule has 3 aromatic carbocycles. The van der Waals surface area contributed by atoms with Gasteiger partial charge in [0.05, 0.1) is 16.9 Å². The van der Waals surface area contributed by atoms with Gasteiger partial charge in [0.15, 0.2) is 23.3 Å². The molecule has 30 heavy (non-hydrogen) atoms. The van der Waals surface area contributed by atoms with Crippen LogP contribution in [-0.2, 0) is 6.18 Å². The molecule has 0 atom stereocenters. The van der Waals surface area contributed by atoms with Gasteiger partial charge in [0.2, 0.25) is 0 Å². The number of alkyl halides is 3. The van der Waals surface area contributed by atoms with Crippen molar-refractivity contribution in [1.29, 1.82) is 0 Å². The maximum Gasteiger partial charge on any atom is 0.422 e. The molecule has 0 aromatic heterocycles. The molecule has 0 spiro atoms. The second-order valence-electron chi connectivity index (χ2n) is 6.01. The number of rotatable bonds is 5. The van der Waals surface area contributed by atoms with Gasteiger partial charge >= 0.3 is 6.18 Å². The molecular formula is C21H13F7N2. The molecule has 0 fully saturated rings. The van der Waals surface area contributed by atoms with Crippen LogP contribution in [0.25, 0.3) is 6.08 Å². The number of hydrogen-bond donors (Lipinski definition) is 1. The molecule has 0 heterocycles. The van der Waals surface area contributed by atoms with Crippen LogP contribution in [0.5, 0.6) is 0 Å². The minimum absolute atomic E-state index is 0.607. The van der Waals surface area contributed by atoms with Crippen LogP contribution < -0.4 is 10.4 Å². The summed E-state index contributed by atoms with van der Waals surface area (Å²) in [7, 11) is 0. The lowest BCUT2D eigenvalue weighted by Crippen LogP contribution is -2.29. The lowest BCUT2D eigenvalue weighted by atomic mass is 10.1. The molecular weight excluding hydrogens is 413 g/mol. The quantitative estimate of drug-likeness (QED) is 0.282. The van der Waals surface area contributed by atoms with Gasteiger partial charge in [-0.25, -0.2) is 17.6 Å². The average molecular weight is 426 g/mol. The summed E-state index contributed by atoms with van der Waals surface area (Å²) in [4.78, 5) is 0. The number of nitrogens with one attached hydrogen (secondary N) is 1. The summed E-state index contributed by atoms with van der Waals surface area (Å²) in [6, 6.07) is 17.3. The van der Waals surface area contributed by atoms with Gasteiger partial charge in [-0.15, -0.1) is 0 Å². The largest absolute Gasteiger partial charge is 0.422 e. The standard InChI is InChI=1S/C21H13F7N2/c22-17-15(18(23)20(25)16(19(17)24)21(26,27)28)11-12-29-30(13-7-3-1-4-8-13)14-9-5-2-6-10-14/h1-12,29H. The summed E-state index contributed by atoms with van der Waals surface area (Å²) in [5.74, 6) is -9.32. The van der Waals surface area contributed by atoms with Crippen LogP contribution in [0.15, 0.2) is 66.9 Å². The fraction of sp³-hybridized carbons (Fsp3) is 0.0476. The molecule has 0 unspecified atom stereocenters. The minimum atomic E-state index is -5.59. The van der Waals surface area contributed by atoms with Crippen LogP contribution in [0.3, 0.4) is 0 Å². The molecule has 2 nitrogen and oxygen atoms in total. The predicted molar refractivity (Wildman–Crippen MR) is 98.5 cm³/mol. The van der Waals surface area contributed by atoms with Crippen molar-refractivity contribution in [2.24, 2.45) is 0 Å². The molecule has 0 aliphatic rings. The first-order valence-corrected chi connectivity index (χ1v) is 8.48. The molecule has 3 rings (SSSR count). The van der Waals surface area contributed by atoms with Crippen molar-refractivity contribution in [3.8, 4) is 0 Å². The normalized spacial score (nSPS) is 11.7. The fourth-order valence-electron chi connectivity index (χ4n) is 2.69. The summed E-state index contributed by atoms with van der Waals surface area (Å²) in [6.07, 6.45) is -4.03. The summed E-state index contributed by atoms with van der Waals surface area (Å²) >= 11 is 0. The van der Waals surface area contributed by atoms with Crippen molar-refractivity contribution in [2.45, 2.75) is 6.18 Å². The Morgan fingerprint density at radius 2 is 1.10 bits per heavy atom. The van der Waals surface area contributed by atoms with E-state index in [2.05, 4.69) is 5.43 Å². The zero-order chi connectivity index (χ0) is 21.9. The Morgan fingerprint density at radius 1 is 0.667 bits per heavy atom. The van der Waals surface area contributed by atoms with Gasteiger partial charge in [-0.3, -0.25) is 5.01 Å². The van der Waals surface area contributed by atoms with Gasteiger partial charge in [-0.1, -0.05) is 36.4 Å². The Balaban J connectivity index is 1.97. The molecule has 0 saturated heterocycles. The molecule has 0 bridgehead atoms. The zero-order valence-corrected chi connectivity index (χ0v) is 15.0. The van der Waals surface area contributed by atoms with E-state index in [-0.39, 0.29) is 0 Å². The van der Waals surface area contributed by atoms with E-state index in [1.807, 2.05) is 0 Å². The Morgan fingerprint density at radius 3 is 1.50 bits per heavy atom. The van der Waals surface area contributed by atoms with Crippen molar-refractivity contribution < 1.29 is 30.7 Å². The lowest BCUT2D eigenvalue weighted by molar-refractivity contribution is -0.143. The summed E-state index contributed by atoms with van der Waals surface area (Å²) in [5, 5.41) is 1.49. The first-order valence-electron chi connectivity index (χ1n) is 8.48. The average Bonchev–Trinajstić information content (AvgIpc) is 2.72. The highest BCUT2D eigenvalue weighted by Crippen LogP contribution is 2.37. The molecule has 0 aliphatic carbocycles. The zero-order valence-electron chi connectivity index (χ0n) is 15.0. The van der Waals surface area contributed by atoms with Gasteiger partial charge in [-0.2, -0.15) is 13.2 Å². The summed E-state index contributed by atoms with van der Waals surface area (Å²) in [5.41, 5.74) is 0.0131. The third-order valence-electron chi connectivity index (χ3n) is 4.06. The minimum Gasteiger partial charge on any atom is -0.301 e. The van der Waals surface area contributed by atoms with Gasteiger partial charge in [0, 0.05) is 6.20 Å². The van der Waals surface area contributed by atoms with E-state index >= 15 is 0 Å². The van der Waals surface area contributed by atoms with Crippen LogP contribution in [0.1, 0.15) is 11.1 Å². The first-order chi connectivity index (χ1) is 14.2. The molecule has 0 radical (unpaired) electrons. The van der Waals surface area contributed by atoms with E-state index in [9.17, 15) is 30.7 Å². The first kappa shape index (κ1) is 21.2. The monoisotopic (exact) mass is 426 g/mol. The summed E-state index contributed by atoms with van der Waals surface area (Å²) < 4.78 is 93.6. The Kier molecular flexibility index (Phi) is 6.00. The predicted octanol–water partition coefficient (Wildman–Crippen LogP) is 6.58. The molecule has 0 amide bonds. The van der Waals surface area contributed by atoms with E-state index in [1.54, 1.807) is 60.7 Å². The second kappa shape index (κ2) is 8.48. The van der Waals surface area contributed by atoms with E-state index in [4.69, 9.17) is 0 Å². The fourth-order valence-corrected chi connectivity index (χ4v) is 2.69. The molecule has 0 saturated carbocycles. The van der Waals surface area contributed by atoms with Crippen LogP contribution in [0.4, 0.5) is 42.1 Å². The van der Waals surface area contributed by atoms with E-state index in [0.717, 1.165) is 6.20 Å². The highest BCUT2D eigenvalue weighted by molar-refractivity contribution is 5.62. The van der Waals surface area contributed by atoms with Crippen molar-refractivity contribution in [2.75, 3.05) is 5.01 Å². The number of benzene rings is 3. The highest BCUT2D eigenvalue weighted by Gasteiger charge is 2.41. The van der Waals surface area contributed by atoms with Crippen molar-refractivity contribution in [1.82, 2.24) is 5.43 Å². The van der Waals surface area contributed by atoms with E-state index < -0.39 is 40.6 Å². The number of nitrogens with zero attached hydrogens (tertiary/aromatic N) is 1. The number of hydrazine groups is 1. The van der Waals surface area contributed by atoms with Crippen LogP contribution in [0.2, 0.25) is 0 Å². The van der Waals surface area contributed by atoms with Gasteiger partial charge in [-0.05, 0) is 30.3 Å². The summed E-state index contributed by atoms with van der Waals surface area (Å²) in [6.45, 7) is 0. The number of halogens is 7. The second-order valence-corrected chi connectivity index (χ2v) is 6.01. The van der Waals surface area contributed by atoms with Crippen molar-refractivity contribution >= 4 is 17.5 Å². The molecule has 3 aromatic rings. The number of para-hydroxylation sites is 2. The molecule has 9 heteroatoms. The van der Waals surface area contributed by atoms with Crippen LogP contribution in [0, 0.1) is 23.3 Å². The SMILES string of the molecule is Fc1c(F)c(C(F)(F)F)c(F)c(F)c1C=CNN(c1ccccc1)c1ccccc1. The van der Waals surface area contributed by atoms with Crippen molar-refractivity contribution in [3.05, 3.63) is 101 Å². The van der Waals surface area contributed by atoms with Crippen molar-refractivity contribution in [3.63, 3.8) is 0 Å². The highest BCUT2D eigenvalue weighted by atomic mass is 19.4. The van der Waals surface area contributed by atoms with E-state index in [0.29, 0.717) is 17.5 Å². The number of hydrogen-bond acceptors (Lipinski definition) is 2. The number of anilines is 2. The Hall–Kier alpha value is -3.49.